The van der Waals surface area contributed by atoms with Crippen molar-refractivity contribution >= 4 is 33.4 Å². The van der Waals surface area contributed by atoms with E-state index in [1.54, 1.807) is 0 Å². The van der Waals surface area contributed by atoms with Crippen molar-refractivity contribution in [3.63, 3.8) is 0 Å². The summed E-state index contributed by atoms with van der Waals surface area (Å²) < 4.78 is 29.3. The van der Waals surface area contributed by atoms with Crippen molar-refractivity contribution < 1.29 is 22.5 Å². The van der Waals surface area contributed by atoms with Gasteiger partial charge in [0.05, 0.1) is 0 Å². The standard InChI is InChI=1S/C15H15ClN2O5S/c16-9-10-17-15(20)18-11-1-7-14(8-2-11)24(21,22)23-13-5-3-12(19)4-6-13/h1-8,19H,9-10H2,(H2,17,18,20). The Morgan fingerprint density at radius 3 is 2.29 bits per heavy atom. The molecule has 2 aromatic rings. The molecule has 0 unspecified atom stereocenters. The molecular weight excluding hydrogens is 356 g/mol. The van der Waals surface area contributed by atoms with Crippen LogP contribution < -0.4 is 14.8 Å². The molecule has 0 fully saturated rings. The van der Waals surface area contributed by atoms with Crippen molar-refractivity contribution in [1.29, 1.82) is 0 Å². The Kier molecular flexibility index (Phi) is 5.88. The number of hydrogen-bond acceptors (Lipinski definition) is 5. The first kappa shape index (κ1) is 17.9. The molecule has 0 radical (unpaired) electrons. The average molecular weight is 371 g/mol. The molecular formula is C15H15ClN2O5S. The molecule has 24 heavy (non-hydrogen) atoms. The van der Waals surface area contributed by atoms with Crippen molar-refractivity contribution in [2.75, 3.05) is 17.7 Å². The van der Waals surface area contributed by atoms with Crippen LogP contribution in [-0.2, 0) is 10.1 Å². The Bertz CT molecular complexity index is 792. The topological polar surface area (TPSA) is 105 Å². The van der Waals surface area contributed by atoms with Crippen molar-refractivity contribution in [2.24, 2.45) is 0 Å². The number of alkyl halides is 1. The summed E-state index contributed by atoms with van der Waals surface area (Å²) in [4.78, 5) is 11.4. The Morgan fingerprint density at radius 2 is 1.71 bits per heavy atom. The summed E-state index contributed by atoms with van der Waals surface area (Å²) in [7, 11) is -4.01. The van der Waals surface area contributed by atoms with Crippen LogP contribution in [0.4, 0.5) is 10.5 Å². The van der Waals surface area contributed by atoms with Crippen LogP contribution in [0.5, 0.6) is 11.5 Å². The third-order valence-electron chi connectivity index (χ3n) is 2.82. The lowest BCUT2D eigenvalue weighted by Crippen LogP contribution is -2.30. The van der Waals surface area contributed by atoms with Gasteiger partial charge in [-0.3, -0.25) is 0 Å². The highest BCUT2D eigenvalue weighted by Crippen LogP contribution is 2.22. The highest BCUT2D eigenvalue weighted by Gasteiger charge is 2.16. The van der Waals surface area contributed by atoms with Crippen molar-refractivity contribution in [2.45, 2.75) is 4.90 Å². The molecule has 2 amide bonds. The SMILES string of the molecule is O=C(NCCCl)Nc1ccc(S(=O)(=O)Oc2ccc(O)cc2)cc1. The van der Waals surface area contributed by atoms with Crippen molar-refractivity contribution in [3.05, 3.63) is 48.5 Å². The van der Waals surface area contributed by atoms with E-state index in [-0.39, 0.29) is 16.4 Å². The molecule has 2 aromatic carbocycles. The molecule has 0 bridgehead atoms. The maximum atomic E-state index is 12.2. The number of carbonyl (C=O) groups excluding carboxylic acids is 1. The largest absolute Gasteiger partial charge is 0.508 e. The number of benzene rings is 2. The van der Waals surface area contributed by atoms with Crippen LogP contribution in [0.25, 0.3) is 0 Å². The molecule has 2 rings (SSSR count). The van der Waals surface area contributed by atoms with E-state index in [4.69, 9.17) is 15.8 Å². The maximum Gasteiger partial charge on any atom is 0.339 e. The van der Waals surface area contributed by atoms with Crippen molar-refractivity contribution in [1.82, 2.24) is 5.32 Å². The summed E-state index contributed by atoms with van der Waals surface area (Å²) in [5, 5.41) is 14.2. The highest BCUT2D eigenvalue weighted by atomic mass is 35.5. The molecule has 0 aliphatic rings. The van der Waals surface area contributed by atoms with Gasteiger partial charge in [-0.15, -0.1) is 11.6 Å². The van der Waals surface area contributed by atoms with Gasteiger partial charge < -0.3 is 19.9 Å². The zero-order valence-electron chi connectivity index (χ0n) is 12.4. The number of nitrogens with one attached hydrogen (secondary N) is 2. The predicted molar refractivity (Wildman–Crippen MR) is 90.1 cm³/mol. The van der Waals surface area contributed by atoms with Crippen LogP contribution in [0.3, 0.4) is 0 Å². The fourth-order valence-corrected chi connectivity index (χ4v) is 2.74. The fourth-order valence-electron chi connectivity index (χ4n) is 1.72. The highest BCUT2D eigenvalue weighted by molar-refractivity contribution is 7.87. The van der Waals surface area contributed by atoms with Gasteiger partial charge in [-0.05, 0) is 48.5 Å². The molecule has 128 valence electrons. The summed E-state index contributed by atoms with van der Waals surface area (Å²) >= 11 is 5.46. The van der Waals surface area contributed by atoms with E-state index >= 15 is 0 Å². The first-order valence-electron chi connectivity index (χ1n) is 6.85. The van der Waals surface area contributed by atoms with Gasteiger partial charge in [0, 0.05) is 18.1 Å². The summed E-state index contributed by atoms with van der Waals surface area (Å²) in [5.41, 5.74) is 0.422. The van der Waals surface area contributed by atoms with Gasteiger partial charge in [-0.1, -0.05) is 0 Å². The van der Waals surface area contributed by atoms with E-state index in [2.05, 4.69) is 10.6 Å². The van der Waals surface area contributed by atoms with Crippen LogP contribution in [-0.4, -0.2) is 32.0 Å². The minimum absolute atomic E-state index is 0.00242. The molecule has 0 spiro atoms. The third kappa shape index (κ3) is 5.04. The zero-order valence-corrected chi connectivity index (χ0v) is 14.0. The van der Waals surface area contributed by atoms with Crippen LogP contribution in [0.2, 0.25) is 0 Å². The van der Waals surface area contributed by atoms with Gasteiger partial charge in [0.2, 0.25) is 0 Å². The smallest absolute Gasteiger partial charge is 0.339 e. The van der Waals surface area contributed by atoms with Gasteiger partial charge in [0.15, 0.2) is 0 Å². The minimum Gasteiger partial charge on any atom is -0.508 e. The molecule has 9 heteroatoms. The lowest BCUT2D eigenvalue weighted by atomic mass is 10.3. The summed E-state index contributed by atoms with van der Waals surface area (Å²) in [5.74, 6) is 0.372. The minimum atomic E-state index is -4.01. The number of halogens is 1. The molecule has 0 aromatic heterocycles. The second-order valence-electron chi connectivity index (χ2n) is 4.63. The molecule has 0 heterocycles. The van der Waals surface area contributed by atoms with Crippen LogP contribution in [0.1, 0.15) is 0 Å². The Hall–Kier alpha value is -2.45. The monoisotopic (exact) mass is 370 g/mol. The van der Waals surface area contributed by atoms with Gasteiger partial charge >= 0.3 is 16.1 Å². The Morgan fingerprint density at radius 1 is 1.08 bits per heavy atom. The average Bonchev–Trinajstić information content (AvgIpc) is 2.55. The third-order valence-corrected chi connectivity index (χ3v) is 4.27. The molecule has 0 atom stereocenters. The quantitative estimate of drug-likeness (QED) is 0.535. The molecule has 0 saturated heterocycles. The van der Waals surface area contributed by atoms with Gasteiger partial charge in [0.1, 0.15) is 16.4 Å². The number of phenolic OH excluding ortho intramolecular Hbond substituents is 1. The lowest BCUT2D eigenvalue weighted by Gasteiger charge is -2.09. The first-order valence-corrected chi connectivity index (χ1v) is 8.79. The number of anilines is 1. The predicted octanol–water partition coefficient (Wildman–Crippen LogP) is 2.52. The number of phenols is 1. The van der Waals surface area contributed by atoms with E-state index in [9.17, 15) is 18.3 Å². The van der Waals surface area contributed by atoms with E-state index < -0.39 is 16.1 Å². The van der Waals surface area contributed by atoms with Gasteiger partial charge in [0.25, 0.3) is 0 Å². The zero-order chi connectivity index (χ0) is 17.6. The second kappa shape index (κ2) is 7.89. The molecule has 3 N–H and O–H groups in total. The van der Waals surface area contributed by atoms with E-state index in [1.165, 1.54) is 48.5 Å². The van der Waals surface area contributed by atoms with Gasteiger partial charge in [-0.2, -0.15) is 8.42 Å². The fraction of sp³-hybridized carbons (Fsp3) is 0.133. The number of aromatic hydroxyl groups is 1. The molecule has 0 aliphatic heterocycles. The van der Waals surface area contributed by atoms with Gasteiger partial charge in [-0.25, -0.2) is 4.79 Å². The normalized spacial score (nSPS) is 10.9. The molecule has 7 nitrogen and oxygen atoms in total. The molecule has 0 saturated carbocycles. The summed E-state index contributed by atoms with van der Waals surface area (Å²) in [6.07, 6.45) is 0. The van der Waals surface area contributed by atoms with Crippen molar-refractivity contribution in [3.8, 4) is 11.5 Å². The number of hydrogen-bond donors (Lipinski definition) is 3. The first-order chi connectivity index (χ1) is 11.4. The van der Waals surface area contributed by atoms with Crippen LogP contribution >= 0.6 is 11.6 Å². The maximum absolute atomic E-state index is 12.2. The number of urea groups is 1. The number of carbonyl (C=O) groups is 1. The second-order valence-corrected chi connectivity index (χ2v) is 6.55. The van der Waals surface area contributed by atoms with Crippen LogP contribution in [0.15, 0.2) is 53.4 Å². The number of amides is 2. The van der Waals surface area contributed by atoms with E-state index in [1.807, 2.05) is 0 Å². The van der Waals surface area contributed by atoms with Crippen LogP contribution in [0, 0.1) is 0 Å². The summed E-state index contributed by atoms with van der Waals surface area (Å²) in [6, 6.07) is 10.4. The Labute approximate surface area is 144 Å². The van der Waals surface area contributed by atoms with E-state index in [0.717, 1.165) is 0 Å². The lowest BCUT2D eigenvalue weighted by molar-refractivity contribution is 0.252. The van der Waals surface area contributed by atoms with E-state index in [0.29, 0.717) is 18.1 Å². The summed E-state index contributed by atoms with van der Waals surface area (Å²) in [6.45, 7) is 0.320. The molecule has 0 aliphatic carbocycles. The number of rotatable bonds is 6. The Balaban J connectivity index is 2.05.